The van der Waals surface area contributed by atoms with Gasteiger partial charge in [0.1, 0.15) is 11.3 Å². The number of hydrogen-bond acceptors (Lipinski definition) is 1. The molecule has 0 aliphatic heterocycles. The summed E-state index contributed by atoms with van der Waals surface area (Å²) in [6.45, 7) is 6.01. The predicted molar refractivity (Wildman–Crippen MR) is 143 cm³/mol. The van der Waals surface area contributed by atoms with Crippen molar-refractivity contribution in [2.75, 3.05) is 5.32 Å². The zero-order chi connectivity index (χ0) is 30.1. The first kappa shape index (κ1) is 29.8. The van der Waals surface area contributed by atoms with Crippen LogP contribution in [0.2, 0.25) is 0 Å². The molecule has 0 saturated carbocycles. The molecule has 4 aromatic carbocycles. The lowest BCUT2D eigenvalue weighted by Crippen LogP contribution is -2.26. The van der Waals surface area contributed by atoms with Crippen molar-refractivity contribution >= 4 is 11.6 Å². The van der Waals surface area contributed by atoms with Gasteiger partial charge in [0, 0.05) is 0 Å². The van der Waals surface area contributed by atoms with Gasteiger partial charge in [-0.3, -0.25) is 4.79 Å². The number of rotatable bonds is 6. The zero-order valence-electron chi connectivity index (χ0n) is 22.3. The van der Waals surface area contributed by atoms with Gasteiger partial charge in [-0.05, 0) is 39.7 Å². The van der Waals surface area contributed by atoms with E-state index >= 15 is 0 Å². The Hall–Kier alpha value is -4.14. The third-order valence-corrected chi connectivity index (χ3v) is 6.77. The quantitative estimate of drug-likeness (QED) is 0.181. The Labute approximate surface area is 232 Å². The van der Waals surface area contributed by atoms with Crippen LogP contribution in [0.25, 0.3) is 11.1 Å². The van der Waals surface area contributed by atoms with E-state index in [2.05, 4.69) is 0 Å². The normalized spacial score (nSPS) is 12.7. The smallest absolute Gasteiger partial charge is 0.320 e. The Kier molecular flexibility index (Phi) is 8.29. The molecule has 0 spiro atoms. The van der Waals surface area contributed by atoms with Crippen molar-refractivity contribution < 1.29 is 35.5 Å². The Morgan fingerprint density at radius 3 is 1.80 bits per heavy atom. The number of hydrogen-bond donors (Lipinski definition) is 1. The maximum atomic E-state index is 14.7. The molecule has 9 heteroatoms. The topological polar surface area (TPSA) is 29.1 Å². The molecule has 1 unspecified atom stereocenters. The van der Waals surface area contributed by atoms with Crippen molar-refractivity contribution in [3.8, 4) is 11.1 Å². The van der Waals surface area contributed by atoms with E-state index in [-0.39, 0.29) is 11.8 Å². The lowest BCUT2D eigenvalue weighted by Gasteiger charge is -2.25. The highest BCUT2D eigenvalue weighted by Crippen LogP contribution is 2.40. The average molecular weight is 574 g/mol. The molecule has 214 valence electrons. The van der Waals surface area contributed by atoms with Gasteiger partial charge in [0.25, 0.3) is 0 Å². The van der Waals surface area contributed by atoms with Gasteiger partial charge in [-0.15, -0.1) is 0 Å². The number of carbonyl (C=O) groups excluding carboxylic acids is 1. The largest absolute Gasteiger partial charge is 0.422 e. The van der Waals surface area contributed by atoms with Crippen molar-refractivity contribution in [3.63, 3.8) is 0 Å². The van der Waals surface area contributed by atoms with E-state index in [0.717, 1.165) is 11.1 Å². The van der Waals surface area contributed by atoms with E-state index in [1.165, 1.54) is 0 Å². The second-order valence-corrected chi connectivity index (χ2v) is 10.7. The van der Waals surface area contributed by atoms with Gasteiger partial charge in [-0.2, -0.15) is 13.2 Å². The summed E-state index contributed by atoms with van der Waals surface area (Å²) in [5, 5.41) is 1.84. The van der Waals surface area contributed by atoms with Crippen LogP contribution in [0.5, 0.6) is 0 Å². The summed E-state index contributed by atoms with van der Waals surface area (Å²) in [5.74, 6) is -12.2. The molecule has 2 nitrogen and oxygen atoms in total. The van der Waals surface area contributed by atoms with E-state index in [1.807, 2.05) is 56.4 Å². The summed E-state index contributed by atoms with van der Waals surface area (Å²) in [7, 11) is 0. The van der Waals surface area contributed by atoms with Gasteiger partial charge in [0.2, 0.25) is 5.91 Å². The molecule has 4 aromatic rings. The first-order valence-corrected chi connectivity index (χ1v) is 12.7. The van der Waals surface area contributed by atoms with Crippen LogP contribution in [-0.4, -0.2) is 5.91 Å². The van der Waals surface area contributed by atoms with Crippen molar-refractivity contribution in [3.05, 3.63) is 124 Å². The molecule has 0 saturated heterocycles. The molecule has 0 aromatic heterocycles. The first-order valence-electron chi connectivity index (χ1n) is 12.7. The standard InChI is InChI=1S/C32H26F7NO/c1-31(2,3)20-14-15-21(22(17-20)19-12-8-5-9-13-19)23(16-18-10-6-4-7-11-18)30(41)40-29-27(35)25(33)24(32(37,38)39)26(34)28(29)36/h4-15,17,23H,16H2,1-3H3,(H,40,41). The van der Waals surface area contributed by atoms with Crippen LogP contribution in [0.1, 0.15) is 48.9 Å². The number of anilines is 1. The van der Waals surface area contributed by atoms with Crippen molar-refractivity contribution in [2.24, 2.45) is 0 Å². The first-order chi connectivity index (χ1) is 19.2. The highest BCUT2D eigenvalue weighted by molar-refractivity contribution is 5.97. The molecular weight excluding hydrogens is 547 g/mol. The van der Waals surface area contributed by atoms with E-state index < -0.39 is 52.5 Å². The molecule has 0 aliphatic carbocycles. The summed E-state index contributed by atoms with van der Waals surface area (Å²) >= 11 is 0. The summed E-state index contributed by atoms with van der Waals surface area (Å²) in [4.78, 5) is 13.7. The van der Waals surface area contributed by atoms with E-state index in [9.17, 15) is 35.5 Å². The number of benzene rings is 4. The summed E-state index contributed by atoms with van der Waals surface area (Å²) < 4.78 is 97.3. The SMILES string of the molecule is CC(C)(C)c1ccc(C(Cc2ccccc2)C(=O)Nc2c(F)c(F)c(C(F)(F)F)c(F)c2F)c(-c2ccccc2)c1. The lowest BCUT2D eigenvalue weighted by atomic mass is 9.80. The monoisotopic (exact) mass is 573 g/mol. The van der Waals surface area contributed by atoms with Crippen LogP contribution in [-0.2, 0) is 22.8 Å². The highest BCUT2D eigenvalue weighted by Gasteiger charge is 2.43. The molecule has 41 heavy (non-hydrogen) atoms. The minimum Gasteiger partial charge on any atom is -0.320 e. The summed E-state index contributed by atoms with van der Waals surface area (Å²) in [6.07, 6.45) is -5.69. The van der Waals surface area contributed by atoms with Crippen LogP contribution in [0.15, 0.2) is 78.9 Å². The minimum absolute atomic E-state index is 0.0101. The maximum absolute atomic E-state index is 14.7. The fraction of sp³-hybridized carbons (Fsp3) is 0.219. The molecule has 0 heterocycles. The molecule has 4 rings (SSSR count). The van der Waals surface area contributed by atoms with Crippen LogP contribution in [0, 0.1) is 23.3 Å². The Morgan fingerprint density at radius 2 is 1.29 bits per heavy atom. The average Bonchev–Trinajstić information content (AvgIpc) is 2.92. The van der Waals surface area contributed by atoms with Gasteiger partial charge >= 0.3 is 6.18 Å². The summed E-state index contributed by atoms with van der Waals surface area (Å²) in [5.41, 5.74) is -1.21. The molecular formula is C32H26F7NO. The predicted octanol–water partition coefficient (Wildman–Crippen LogP) is 9.19. The molecule has 1 amide bonds. The molecule has 0 fully saturated rings. The molecule has 0 radical (unpaired) electrons. The fourth-order valence-corrected chi connectivity index (χ4v) is 4.59. The van der Waals surface area contributed by atoms with Gasteiger partial charge in [0.05, 0.1) is 5.92 Å². The number of alkyl halides is 3. The third kappa shape index (κ3) is 6.29. The van der Waals surface area contributed by atoms with Crippen LogP contribution >= 0.6 is 0 Å². The molecule has 1 atom stereocenters. The minimum atomic E-state index is -5.70. The van der Waals surface area contributed by atoms with Gasteiger partial charge < -0.3 is 5.32 Å². The van der Waals surface area contributed by atoms with Crippen LogP contribution in [0.4, 0.5) is 36.4 Å². The third-order valence-electron chi connectivity index (χ3n) is 6.77. The zero-order valence-corrected chi connectivity index (χ0v) is 22.3. The molecule has 0 aliphatic rings. The summed E-state index contributed by atoms with van der Waals surface area (Å²) in [6, 6.07) is 23.1. The maximum Gasteiger partial charge on any atom is 0.422 e. The second kappa shape index (κ2) is 11.4. The van der Waals surface area contributed by atoms with E-state index in [4.69, 9.17) is 0 Å². The van der Waals surface area contributed by atoms with E-state index in [1.54, 1.807) is 48.5 Å². The Morgan fingerprint density at radius 1 is 0.756 bits per heavy atom. The number of carbonyl (C=O) groups is 1. The van der Waals surface area contributed by atoms with Crippen molar-refractivity contribution in [2.45, 2.75) is 44.7 Å². The number of nitrogens with one attached hydrogen (secondary N) is 1. The van der Waals surface area contributed by atoms with Crippen LogP contribution in [0.3, 0.4) is 0 Å². The van der Waals surface area contributed by atoms with E-state index in [0.29, 0.717) is 16.7 Å². The van der Waals surface area contributed by atoms with Gasteiger partial charge in [-0.1, -0.05) is 99.6 Å². The van der Waals surface area contributed by atoms with Crippen LogP contribution < -0.4 is 5.32 Å². The highest BCUT2D eigenvalue weighted by atomic mass is 19.4. The molecule has 0 bridgehead atoms. The van der Waals surface area contributed by atoms with Crippen molar-refractivity contribution in [1.82, 2.24) is 0 Å². The van der Waals surface area contributed by atoms with Gasteiger partial charge in [-0.25, -0.2) is 17.6 Å². The number of amides is 1. The Balaban J connectivity index is 1.88. The van der Waals surface area contributed by atoms with Crippen molar-refractivity contribution in [1.29, 1.82) is 0 Å². The second-order valence-electron chi connectivity index (χ2n) is 10.7. The lowest BCUT2D eigenvalue weighted by molar-refractivity contribution is -0.143. The number of halogens is 7. The van der Waals surface area contributed by atoms with Gasteiger partial charge in [0.15, 0.2) is 23.3 Å². The fourth-order valence-electron chi connectivity index (χ4n) is 4.59. The Bertz CT molecular complexity index is 1530. The molecule has 1 N–H and O–H groups in total.